The molecule has 8 heteroatoms. The van der Waals surface area contributed by atoms with Crippen molar-refractivity contribution in [2.24, 2.45) is 5.41 Å². The minimum absolute atomic E-state index is 0.226. The summed E-state index contributed by atoms with van der Waals surface area (Å²) in [7, 11) is 1.49. The summed E-state index contributed by atoms with van der Waals surface area (Å²) in [5, 5.41) is 18.2. The van der Waals surface area contributed by atoms with E-state index in [9.17, 15) is 14.4 Å². The highest BCUT2D eigenvalue weighted by Crippen LogP contribution is 2.46. The highest BCUT2D eigenvalue weighted by Gasteiger charge is 2.56. The number of hydrogen-bond acceptors (Lipinski definition) is 4. The van der Waals surface area contributed by atoms with E-state index >= 15 is 0 Å². The van der Waals surface area contributed by atoms with Crippen molar-refractivity contribution in [2.75, 3.05) is 12.4 Å². The van der Waals surface area contributed by atoms with Crippen molar-refractivity contribution in [3.8, 4) is 0 Å². The van der Waals surface area contributed by atoms with Crippen molar-refractivity contribution >= 4 is 23.6 Å². The van der Waals surface area contributed by atoms with Crippen LogP contribution in [0.1, 0.15) is 26.7 Å². The van der Waals surface area contributed by atoms with Crippen LogP contribution in [0.2, 0.25) is 0 Å². The molecule has 2 amide bonds. The first kappa shape index (κ1) is 15.0. The molecular weight excluding hydrogens is 276 g/mol. The summed E-state index contributed by atoms with van der Waals surface area (Å²) < 4.78 is 1.25. The van der Waals surface area contributed by atoms with E-state index in [1.54, 1.807) is 0 Å². The van der Waals surface area contributed by atoms with Gasteiger partial charge in [-0.1, -0.05) is 0 Å². The molecule has 1 aromatic heterocycles. The summed E-state index contributed by atoms with van der Waals surface area (Å²) in [6, 6.07) is 1.50. The molecule has 0 bridgehead atoms. The number of anilines is 1. The largest absolute Gasteiger partial charge is 0.479 e. The zero-order chi connectivity index (χ0) is 15.8. The van der Waals surface area contributed by atoms with Crippen LogP contribution in [0.4, 0.5) is 5.82 Å². The van der Waals surface area contributed by atoms with E-state index < -0.39 is 22.8 Å². The lowest BCUT2D eigenvalue weighted by Gasteiger charge is -2.19. The van der Waals surface area contributed by atoms with E-state index in [0.717, 1.165) is 0 Å². The summed E-state index contributed by atoms with van der Waals surface area (Å²) in [5.74, 6) is -1.54. The molecule has 3 N–H and O–H groups in total. The van der Waals surface area contributed by atoms with Crippen LogP contribution in [0.15, 0.2) is 12.3 Å². The highest BCUT2D eigenvalue weighted by molar-refractivity contribution is 6.12. The molecule has 114 valence electrons. The molecule has 1 saturated carbocycles. The van der Waals surface area contributed by atoms with Crippen molar-refractivity contribution in [1.29, 1.82) is 0 Å². The van der Waals surface area contributed by atoms with Crippen molar-refractivity contribution in [2.45, 2.75) is 32.2 Å². The molecule has 8 nitrogen and oxygen atoms in total. The maximum Gasteiger partial charge on any atom is 0.331 e. The van der Waals surface area contributed by atoms with E-state index in [-0.39, 0.29) is 11.7 Å². The van der Waals surface area contributed by atoms with Crippen molar-refractivity contribution in [3.05, 3.63) is 12.3 Å². The van der Waals surface area contributed by atoms with Gasteiger partial charge >= 0.3 is 5.97 Å². The highest BCUT2D eigenvalue weighted by atomic mass is 16.4. The average Bonchev–Trinajstić information content (AvgIpc) is 3.11. The molecule has 0 aromatic carbocycles. The average molecular weight is 294 g/mol. The van der Waals surface area contributed by atoms with Gasteiger partial charge in [0, 0.05) is 19.3 Å². The number of aromatic nitrogens is 2. The van der Waals surface area contributed by atoms with E-state index in [2.05, 4.69) is 15.7 Å². The zero-order valence-electron chi connectivity index (χ0n) is 12.1. The van der Waals surface area contributed by atoms with Crippen LogP contribution in [-0.2, 0) is 19.9 Å². The van der Waals surface area contributed by atoms with Gasteiger partial charge in [0.1, 0.15) is 5.41 Å². The summed E-state index contributed by atoms with van der Waals surface area (Å²) >= 11 is 0. The van der Waals surface area contributed by atoms with Crippen molar-refractivity contribution in [3.63, 3.8) is 0 Å². The molecule has 1 aromatic rings. The Morgan fingerprint density at radius 3 is 2.43 bits per heavy atom. The third-order valence-corrected chi connectivity index (χ3v) is 3.77. The standard InChI is InChI=1S/C13H18N4O4/c1-12(2,11(20)21)17-7-4-8(16-17)15-10(19)13(5-6-13)9(18)14-3/h4,7H,5-6H2,1-3H3,(H,14,18)(H,20,21)(H,15,16,19). The van der Waals surface area contributed by atoms with Gasteiger partial charge in [-0.3, -0.25) is 14.3 Å². The number of aliphatic carboxylic acids is 1. The molecule has 1 aliphatic carbocycles. The first-order valence-electron chi connectivity index (χ1n) is 6.57. The fourth-order valence-corrected chi connectivity index (χ4v) is 1.96. The summed E-state index contributed by atoms with van der Waals surface area (Å²) in [6.07, 6.45) is 2.48. The lowest BCUT2D eigenvalue weighted by Crippen LogP contribution is -2.38. The minimum Gasteiger partial charge on any atom is -0.479 e. The van der Waals surface area contributed by atoms with Crippen LogP contribution in [0.25, 0.3) is 0 Å². The molecule has 1 heterocycles. The predicted molar refractivity (Wildman–Crippen MR) is 73.5 cm³/mol. The molecule has 1 aliphatic rings. The fraction of sp³-hybridized carbons (Fsp3) is 0.538. The number of amides is 2. The second-order valence-corrected chi connectivity index (χ2v) is 5.63. The lowest BCUT2D eigenvalue weighted by atomic mass is 10.1. The number of rotatable bonds is 5. The summed E-state index contributed by atoms with van der Waals surface area (Å²) in [5.41, 5.74) is -2.23. The van der Waals surface area contributed by atoms with Crippen LogP contribution in [0, 0.1) is 5.41 Å². The van der Waals surface area contributed by atoms with Gasteiger partial charge in [0.15, 0.2) is 11.4 Å². The molecular formula is C13H18N4O4. The molecule has 0 radical (unpaired) electrons. The maximum absolute atomic E-state index is 12.2. The Morgan fingerprint density at radius 2 is 1.95 bits per heavy atom. The van der Waals surface area contributed by atoms with E-state index in [4.69, 9.17) is 5.11 Å². The van der Waals surface area contributed by atoms with Crippen LogP contribution >= 0.6 is 0 Å². The van der Waals surface area contributed by atoms with Crippen LogP contribution in [-0.4, -0.2) is 39.7 Å². The Labute approximate surface area is 121 Å². The number of nitrogens with one attached hydrogen (secondary N) is 2. The Hall–Kier alpha value is -2.38. The molecule has 2 rings (SSSR count). The molecule has 0 saturated heterocycles. The second-order valence-electron chi connectivity index (χ2n) is 5.63. The molecule has 21 heavy (non-hydrogen) atoms. The number of hydrogen-bond donors (Lipinski definition) is 3. The van der Waals surface area contributed by atoms with Gasteiger partial charge in [0.05, 0.1) is 0 Å². The number of carbonyl (C=O) groups is 3. The Balaban J connectivity index is 2.12. The fourth-order valence-electron chi connectivity index (χ4n) is 1.96. The topological polar surface area (TPSA) is 113 Å². The Morgan fingerprint density at radius 1 is 1.33 bits per heavy atom. The van der Waals surface area contributed by atoms with Gasteiger partial charge < -0.3 is 15.7 Å². The Kier molecular flexibility index (Phi) is 3.48. The number of carbonyl (C=O) groups excluding carboxylic acids is 2. The lowest BCUT2D eigenvalue weighted by molar-refractivity contribution is -0.146. The third kappa shape index (κ3) is 2.48. The maximum atomic E-state index is 12.2. The van der Waals surface area contributed by atoms with Gasteiger partial charge in [-0.2, -0.15) is 5.10 Å². The normalized spacial score (nSPS) is 16.1. The van der Waals surface area contributed by atoms with Crippen LogP contribution in [0.5, 0.6) is 0 Å². The molecule has 0 atom stereocenters. The zero-order valence-corrected chi connectivity index (χ0v) is 12.1. The van der Waals surface area contributed by atoms with Gasteiger partial charge in [-0.25, -0.2) is 4.79 Å². The van der Waals surface area contributed by atoms with Gasteiger partial charge in [-0.05, 0) is 26.7 Å². The van der Waals surface area contributed by atoms with E-state index in [1.165, 1.54) is 37.8 Å². The van der Waals surface area contributed by atoms with E-state index in [1.807, 2.05) is 0 Å². The summed E-state index contributed by atoms with van der Waals surface area (Å²) in [6.45, 7) is 3.00. The summed E-state index contributed by atoms with van der Waals surface area (Å²) in [4.78, 5) is 35.0. The first-order chi connectivity index (χ1) is 9.74. The number of nitrogens with zero attached hydrogens (tertiary/aromatic N) is 2. The van der Waals surface area contributed by atoms with Gasteiger partial charge in [0.2, 0.25) is 11.8 Å². The predicted octanol–water partition coefficient (Wildman–Crippen LogP) is 0.167. The molecule has 0 spiro atoms. The monoisotopic (exact) mass is 294 g/mol. The molecule has 0 unspecified atom stereocenters. The SMILES string of the molecule is CNC(=O)C1(C(=O)Nc2ccn(C(C)(C)C(=O)O)n2)CC1. The van der Waals surface area contributed by atoms with E-state index in [0.29, 0.717) is 12.8 Å². The smallest absolute Gasteiger partial charge is 0.331 e. The first-order valence-corrected chi connectivity index (χ1v) is 6.57. The van der Waals surface area contributed by atoms with Crippen molar-refractivity contribution in [1.82, 2.24) is 15.1 Å². The Bertz CT molecular complexity index is 601. The molecule has 0 aliphatic heterocycles. The van der Waals surface area contributed by atoms with Gasteiger partial charge in [-0.15, -0.1) is 0 Å². The minimum atomic E-state index is -1.22. The van der Waals surface area contributed by atoms with Crippen molar-refractivity contribution < 1.29 is 19.5 Å². The molecule has 1 fully saturated rings. The van der Waals surface area contributed by atoms with Crippen LogP contribution in [0.3, 0.4) is 0 Å². The van der Waals surface area contributed by atoms with Crippen LogP contribution < -0.4 is 10.6 Å². The second kappa shape index (κ2) is 4.87. The number of carboxylic acids is 1. The van der Waals surface area contributed by atoms with Gasteiger partial charge in [0.25, 0.3) is 0 Å². The third-order valence-electron chi connectivity index (χ3n) is 3.77. The number of carboxylic acid groups (broad SMARTS) is 1. The quantitative estimate of drug-likeness (QED) is 0.670.